The molecule has 1 aliphatic rings. The molecule has 1 N–H and O–H groups in total. The smallest absolute Gasteiger partial charge is 0.456 e. The summed E-state index contributed by atoms with van der Waals surface area (Å²) < 4.78 is 88.1. The highest BCUT2D eigenvalue weighted by Crippen LogP contribution is 2.32. The Balaban J connectivity index is 2.25. The van der Waals surface area contributed by atoms with Gasteiger partial charge in [-0.15, -0.1) is 0 Å². The minimum atomic E-state index is -5.41. The van der Waals surface area contributed by atoms with Crippen LogP contribution in [0, 0.1) is 6.92 Å². The molecule has 1 saturated heterocycles. The van der Waals surface area contributed by atoms with Crippen LogP contribution in [0.5, 0.6) is 0 Å². The number of hydrogen-bond acceptors (Lipinski definition) is 7. The van der Waals surface area contributed by atoms with E-state index in [-0.39, 0.29) is 5.56 Å². The van der Waals surface area contributed by atoms with Crippen LogP contribution in [-0.4, -0.2) is 52.7 Å². The van der Waals surface area contributed by atoms with Crippen molar-refractivity contribution >= 4 is 11.9 Å². The fourth-order valence-corrected chi connectivity index (χ4v) is 2.39. The molecule has 1 aromatic rings. The van der Waals surface area contributed by atoms with Crippen LogP contribution >= 0.6 is 0 Å². The van der Waals surface area contributed by atoms with Gasteiger partial charge in [-0.05, 0) is 6.92 Å². The summed E-state index contributed by atoms with van der Waals surface area (Å²) in [4.78, 5) is 47.0. The third-order valence-corrected chi connectivity index (χ3v) is 3.74. The van der Waals surface area contributed by atoms with Crippen molar-refractivity contribution in [1.82, 2.24) is 9.55 Å². The summed E-state index contributed by atoms with van der Waals surface area (Å²) in [6.45, 7) is 0.0925. The number of alkyl halides is 6. The average Bonchev–Trinajstić information content (AvgIpc) is 2.96. The highest BCUT2D eigenvalue weighted by Gasteiger charge is 2.48. The Hall–Kier alpha value is -2.84. The van der Waals surface area contributed by atoms with Crippen LogP contribution in [0.2, 0.25) is 0 Å². The molecule has 1 fully saturated rings. The first kappa shape index (κ1) is 22.4. The van der Waals surface area contributed by atoms with Crippen molar-refractivity contribution in [3.63, 3.8) is 0 Å². The van der Waals surface area contributed by atoms with Crippen molar-refractivity contribution in [2.75, 3.05) is 6.61 Å². The van der Waals surface area contributed by atoms with Gasteiger partial charge in [0.15, 0.2) is 0 Å². The average molecular weight is 434 g/mol. The van der Waals surface area contributed by atoms with Gasteiger partial charge in [0.05, 0.1) is 0 Å². The number of carbonyl (C=O) groups excluding carboxylic acids is 2. The number of nitrogens with zero attached hydrogens (tertiary/aromatic N) is 1. The Kier molecular flexibility index (Phi) is 6.10. The van der Waals surface area contributed by atoms with Crippen LogP contribution in [0.4, 0.5) is 26.3 Å². The van der Waals surface area contributed by atoms with Gasteiger partial charge >= 0.3 is 30.0 Å². The highest BCUT2D eigenvalue weighted by atomic mass is 19.4. The van der Waals surface area contributed by atoms with Crippen molar-refractivity contribution in [3.05, 3.63) is 32.6 Å². The van der Waals surface area contributed by atoms with Gasteiger partial charge in [0.2, 0.25) is 0 Å². The normalized spacial score (nSPS) is 22.4. The Morgan fingerprint density at radius 1 is 1.17 bits per heavy atom. The third kappa shape index (κ3) is 5.36. The van der Waals surface area contributed by atoms with Gasteiger partial charge in [0.1, 0.15) is 25.0 Å². The van der Waals surface area contributed by atoms with Crippen molar-refractivity contribution < 1.29 is 50.1 Å². The zero-order chi connectivity index (χ0) is 22.1. The van der Waals surface area contributed by atoms with Crippen LogP contribution in [-0.2, 0) is 23.8 Å². The molecule has 0 aliphatic carbocycles. The number of halogens is 6. The Morgan fingerprint density at radius 2 is 1.76 bits per heavy atom. The van der Waals surface area contributed by atoms with Gasteiger partial charge in [-0.25, -0.2) is 14.4 Å². The van der Waals surface area contributed by atoms with Gasteiger partial charge in [-0.3, -0.25) is 14.3 Å². The summed E-state index contributed by atoms with van der Waals surface area (Å²) >= 11 is 0. The molecule has 0 bridgehead atoms. The molecule has 3 atom stereocenters. The van der Waals surface area contributed by atoms with Gasteiger partial charge in [-0.1, -0.05) is 0 Å². The van der Waals surface area contributed by atoms with E-state index in [1.165, 1.54) is 6.92 Å². The van der Waals surface area contributed by atoms with E-state index in [1.54, 1.807) is 0 Å². The summed E-state index contributed by atoms with van der Waals surface area (Å²) in [5.74, 6) is -5.29. The molecule has 162 valence electrons. The maximum Gasteiger partial charge on any atom is 0.490 e. The fourth-order valence-electron chi connectivity index (χ4n) is 2.39. The molecule has 29 heavy (non-hydrogen) atoms. The van der Waals surface area contributed by atoms with Crippen LogP contribution in [0.15, 0.2) is 15.8 Å². The number of aromatic nitrogens is 2. The lowest BCUT2D eigenvalue weighted by Crippen LogP contribution is -2.38. The summed E-state index contributed by atoms with van der Waals surface area (Å²) in [6, 6.07) is 0. The molecule has 0 radical (unpaired) electrons. The maximum atomic E-state index is 12.4. The number of carbonyl (C=O) groups is 2. The number of aryl methyl sites for hydroxylation is 1. The molecule has 0 aromatic carbocycles. The van der Waals surface area contributed by atoms with Crippen LogP contribution in [0.25, 0.3) is 0 Å². The molecule has 1 aliphatic heterocycles. The van der Waals surface area contributed by atoms with E-state index in [0.717, 1.165) is 10.8 Å². The first-order chi connectivity index (χ1) is 13.2. The predicted octanol–water partition coefficient (Wildman–Crippen LogP) is 0.712. The molecule has 0 amide bonds. The number of nitrogens with one attached hydrogen (secondary N) is 1. The second-order valence-electron chi connectivity index (χ2n) is 5.88. The van der Waals surface area contributed by atoms with Gasteiger partial charge in [0.25, 0.3) is 5.56 Å². The molecule has 1 aromatic heterocycles. The predicted molar refractivity (Wildman–Crippen MR) is 77.5 cm³/mol. The summed E-state index contributed by atoms with van der Waals surface area (Å²) in [6.07, 6.45) is -15.3. The van der Waals surface area contributed by atoms with E-state index in [4.69, 9.17) is 4.74 Å². The molecule has 0 spiro atoms. The number of esters is 2. The van der Waals surface area contributed by atoms with Gasteiger partial charge in [-0.2, -0.15) is 26.3 Å². The Morgan fingerprint density at radius 3 is 2.31 bits per heavy atom. The van der Waals surface area contributed by atoms with E-state index < -0.39 is 67.0 Å². The van der Waals surface area contributed by atoms with Gasteiger partial charge in [0, 0.05) is 18.2 Å². The number of rotatable bonds is 4. The largest absolute Gasteiger partial charge is 0.490 e. The zero-order valence-corrected chi connectivity index (χ0v) is 14.3. The standard InChI is InChI=1S/C14H12F6N2O7/c1-5-3-22(12(26)21-9(5)23)8-2-6(29-11(25)14(18,19)20)7(28-8)4-27-10(24)13(15,16)17/h3,6-8H,2,4H2,1H3,(H,21,23,26). The van der Waals surface area contributed by atoms with Crippen LogP contribution < -0.4 is 11.2 Å². The number of ether oxygens (including phenoxy) is 3. The van der Waals surface area contributed by atoms with Gasteiger partial charge < -0.3 is 14.2 Å². The maximum absolute atomic E-state index is 12.4. The monoisotopic (exact) mass is 434 g/mol. The molecule has 0 saturated carbocycles. The van der Waals surface area contributed by atoms with Crippen molar-refractivity contribution in [2.45, 2.75) is 44.1 Å². The Bertz CT molecular complexity index is 903. The lowest BCUT2D eigenvalue weighted by molar-refractivity contribution is -0.212. The molecule has 9 nitrogen and oxygen atoms in total. The Labute approximate surface area is 156 Å². The topological polar surface area (TPSA) is 117 Å². The zero-order valence-electron chi connectivity index (χ0n) is 14.3. The molecule has 2 rings (SSSR count). The minimum absolute atomic E-state index is 0.0176. The van der Waals surface area contributed by atoms with E-state index in [1.807, 2.05) is 4.98 Å². The minimum Gasteiger partial charge on any atom is -0.456 e. The highest BCUT2D eigenvalue weighted by molar-refractivity contribution is 5.76. The molecular formula is C14H12F6N2O7. The molecule has 15 heteroatoms. The summed E-state index contributed by atoms with van der Waals surface area (Å²) in [5.41, 5.74) is -1.76. The van der Waals surface area contributed by atoms with Crippen LogP contribution in [0.3, 0.4) is 0 Å². The summed E-state index contributed by atoms with van der Waals surface area (Å²) in [7, 11) is 0. The second kappa shape index (κ2) is 7.88. The van der Waals surface area contributed by atoms with Crippen molar-refractivity contribution in [2.24, 2.45) is 0 Å². The van der Waals surface area contributed by atoms with E-state index in [2.05, 4.69) is 9.47 Å². The number of hydrogen-bond donors (Lipinski definition) is 1. The van der Waals surface area contributed by atoms with Crippen LogP contribution in [0.1, 0.15) is 18.2 Å². The van der Waals surface area contributed by atoms with E-state index in [9.17, 15) is 45.5 Å². The first-order valence-electron chi connectivity index (χ1n) is 7.69. The lowest BCUT2D eigenvalue weighted by Gasteiger charge is -2.19. The first-order valence-corrected chi connectivity index (χ1v) is 7.69. The fraction of sp³-hybridized carbons (Fsp3) is 0.571. The van der Waals surface area contributed by atoms with E-state index >= 15 is 0 Å². The number of aromatic amines is 1. The molecule has 3 unspecified atom stereocenters. The lowest BCUT2D eigenvalue weighted by atomic mass is 10.2. The third-order valence-electron chi connectivity index (χ3n) is 3.74. The molecule has 2 heterocycles. The van der Waals surface area contributed by atoms with Crippen molar-refractivity contribution in [3.8, 4) is 0 Å². The van der Waals surface area contributed by atoms with Crippen molar-refractivity contribution in [1.29, 1.82) is 0 Å². The second-order valence-corrected chi connectivity index (χ2v) is 5.88. The SMILES string of the molecule is Cc1cn(C2CC(OC(=O)C(F)(F)F)C(COC(=O)C(F)(F)F)O2)c(=O)[nH]c1=O. The molecular weight excluding hydrogens is 422 g/mol. The number of H-pyrrole nitrogens is 1. The quantitative estimate of drug-likeness (QED) is 0.548. The summed E-state index contributed by atoms with van der Waals surface area (Å²) in [5, 5.41) is 0. The van der Waals surface area contributed by atoms with E-state index in [0.29, 0.717) is 0 Å².